The van der Waals surface area contributed by atoms with E-state index in [1.807, 2.05) is 0 Å². The molecule has 1 aliphatic heterocycles. The highest BCUT2D eigenvalue weighted by Gasteiger charge is 2.37. The van der Waals surface area contributed by atoms with Crippen LogP contribution in [0.25, 0.3) is 0 Å². The zero-order valence-electron chi connectivity index (χ0n) is 15.2. The maximum atomic E-state index is 12.4. The number of carbonyl (C=O) groups excluding carboxylic acids is 1. The van der Waals surface area contributed by atoms with Gasteiger partial charge in [0.1, 0.15) is 23.9 Å². The molecule has 1 saturated heterocycles. The summed E-state index contributed by atoms with van der Waals surface area (Å²) in [7, 11) is 3.00. The second kappa shape index (κ2) is 7.97. The first-order valence-electron chi connectivity index (χ1n) is 8.29. The first kappa shape index (κ1) is 19.8. The van der Waals surface area contributed by atoms with E-state index < -0.39 is 12.6 Å². The van der Waals surface area contributed by atoms with Gasteiger partial charge in [0, 0.05) is 6.54 Å². The molecule has 2 aromatic carbocycles. The Balaban J connectivity index is 1.84. The molecule has 3 rings (SSSR count). The molecule has 0 bridgehead atoms. The summed E-state index contributed by atoms with van der Waals surface area (Å²) in [5.74, 6) is 0.410. The van der Waals surface area contributed by atoms with E-state index in [2.05, 4.69) is 4.74 Å². The smallest absolute Gasteiger partial charge is 0.496 e. The summed E-state index contributed by atoms with van der Waals surface area (Å²) in [5, 5.41) is 0. The minimum absolute atomic E-state index is 0.124. The van der Waals surface area contributed by atoms with Crippen molar-refractivity contribution >= 4 is 5.91 Å². The Hall–Kier alpha value is -2.94. The van der Waals surface area contributed by atoms with Crippen molar-refractivity contribution in [1.29, 1.82) is 0 Å². The highest BCUT2D eigenvalue weighted by molar-refractivity contribution is 5.80. The number of rotatable bonds is 6. The fraction of sp³-hybridized carbons (Fsp3) is 0.316. The van der Waals surface area contributed by atoms with E-state index in [1.165, 1.54) is 43.4 Å². The van der Waals surface area contributed by atoms with Crippen LogP contribution in [-0.2, 0) is 16.1 Å². The van der Waals surface area contributed by atoms with E-state index in [0.29, 0.717) is 22.6 Å². The number of carbonyl (C=O) groups is 1. The number of ether oxygens (including phenoxy) is 4. The Labute approximate surface area is 159 Å². The van der Waals surface area contributed by atoms with Crippen LogP contribution in [0.3, 0.4) is 0 Å². The first-order valence-corrected chi connectivity index (χ1v) is 8.29. The molecule has 0 saturated carbocycles. The van der Waals surface area contributed by atoms with Crippen molar-refractivity contribution < 1.29 is 36.9 Å². The van der Waals surface area contributed by atoms with Gasteiger partial charge >= 0.3 is 6.36 Å². The van der Waals surface area contributed by atoms with Crippen LogP contribution in [0.15, 0.2) is 42.5 Å². The third-order valence-corrected chi connectivity index (χ3v) is 4.19. The van der Waals surface area contributed by atoms with Crippen LogP contribution >= 0.6 is 0 Å². The minimum atomic E-state index is -4.76. The summed E-state index contributed by atoms with van der Waals surface area (Å²) < 4.78 is 57.1. The summed E-state index contributed by atoms with van der Waals surface area (Å²) in [6, 6.07) is 10.5. The predicted octanol–water partition coefficient (Wildman–Crippen LogP) is 3.66. The molecule has 0 aliphatic carbocycles. The van der Waals surface area contributed by atoms with Crippen LogP contribution in [0, 0.1) is 0 Å². The fourth-order valence-corrected chi connectivity index (χ4v) is 2.98. The quantitative estimate of drug-likeness (QED) is 0.745. The normalized spacial score (nSPS) is 17.0. The van der Waals surface area contributed by atoms with Crippen LogP contribution in [0.1, 0.15) is 17.4 Å². The summed E-state index contributed by atoms with van der Waals surface area (Å²) in [6.07, 6.45) is -5.50. The number of nitrogens with zero attached hydrogens (tertiary/aromatic N) is 1. The van der Waals surface area contributed by atoms with Crippen molar-refractivity contribution in [2.24, 2.45) is 0 Å². The van der Waals surface area contributed by atoms with Gasteiger partial charge in [-0.2, -0.15) is 0 Å². The number of alkyl halides is 3. The van der Waals surface area contributed by atoms with Crippen molar-refractivity contribution in [3.8, 4) is 17.2 Å². The SMILES string of the molecule is COc1cccc(OC)c1C1OCC(=O)N1Cc1ccc(OC(F)(F)F)cc1. The van der Waals surface area contributed by atoms with Crippen molar-refractivity contribution in [1.82, 2.24) is 4.90 Å². The Morgan fingerprint density at radius 1 is 1.07 bits per heavy atom. The van der Waals surface area contributed by atoms with Gasteiger partial charge in [-0.15, -0.1) is 13.2 Å². The Morgan fingerprint density at radius 3 is 2.21 bits per heavy atom. The van der Waals surface area contributed by atoms with E-state index in [9.17, 15) is 18.0 Å². The number of hydrogen-bond acceptors (Lipinski definition) is 5. The van der Waals surface area contributed by atoms with Crippen molar-refractivity contribution in [2.75, 3.05) is 20.8 Å². The molecule has 1 unspecified atom stereocenters. The van der Waals surface area contributed by atoms with Crippen LogP contribution in [0.2, 0.25) is 0 Å². The predicted molar refractivity (Wildman–Crippen MR) is 91.9 cm³/mol. The lowest BCUT2D eigenvalue weighted by molar-refractivity contribution is -0.274. The van der Waals surface area contributed by atoms with Crippen LogP contribution < -0.4 is 14.2 Å². The second-order valence-electron chi connectivity index (χ2n) is 5.95. The molecule has 6 nitrogen and oxygen atoms in total. The number of halogens is 3. The molecule has 0 aromatic heterocycles. The summed E-state index contributed by atoms with van der Waals surface area (Å²) in [6.45, 7) is 0.0120. The zero-order valence-corrected chi connectivity index (χ0v) is 15.2. The van der Waals surface area contributed by atoms with Gasteiger partial charge in [-0.1, -0.05) is 18.2 Å². The van der Waals surface area contributed by atoms with Crippen molar-refractivity contribution in [2.45, 2.75) is 19.1 Å². The van der Waals surface area contributed by atoms with Gasteiger partial charge in [-0.25, -0.2) is 0 Å². The van der Waals surface area contributed by atoms with Gasteiger partial charge < -0.3 is 23.8 Å². The van der Waals surface area contributed by atoms with E-state index in [0.717, 1.165) is 0 Å². The molecule has 0 radical (unpaired) electrons. The first-order chi connectivity index (χ1) is 13.3. The molecule has 9 heteroatoms. The van der Waals surface area contributed by atoms with Gasteiger partial charge in [0.2, 0.25) is 0 Å². The standard InChI is InChI=1S/C19H18F3NO5/c1-25-14-4-3-5-15(26-2)17(14)18-23(16(24)11-27-18)10-12-6-8-13(9-7-12)28-19(20,21)22/h3-9,18H,10-11H2,1-2H3. The van der Waals surface area contributed by atoms with Gasteiger partial charge in [0.25, 0.3) is 5.91 Å². The second-order valence-corrected chi connectivity index (χ2v) is 5.95. The number of amides is 1. The fourth-order valence-electron chi connectivity index (χ4n) is 2.98. The van der Waals surface area contributed by atoms with Crippen molar-refractivity contribution in [3.63, 3.8) is 0 Å². The van der Waals surface area contributed by atoms with Gasteiger partial charge in [0.15, 0.2) is 6.23 Å². The molecule has 1 heterocycles. The molecule has 28 heavy (non-hydrogen) atoms. The number of hydrogen-bond donors (Lipinski definition) is 0. The van der Waals surface area contributed by atoms with E-state index in [1.54, 1.807) is 18.2 Å². The Bertz CT molecular complexity index is 816. The monoisotopic (exact) mass is 397 g/mol. The maximum absolute atomic E-state index is 12.4. The third-order valence-electron chi connectivity index (χ3n) is 4.19. The van der Waals surface area contributed by atoms with Gasteiger partial charge in [-0.05, 0) is 29.8 Å². The molecule has 150 valence electrons. The number of benzene rings is 2. The lowest BCUT2D eigenvalue weighted by Gasteiger charge is -2.26. The van der Waals surface area contributed by atoms with Crippen LogP contribution in [0.4, 0.5) is 13.2 Å². The topological polar surface area (TPSA) is 57.2 Å². The lowest BCUT2D eigenvalue weighted by Crippen LogP contribution is -2.28. The average molecular weight is 397 g/mol. The largest absolute Gasteiger partial charge is 0.573 e. The van der Waals surface area contributed by atoms with Crippen molar-refractivity contribution in [3.05, 3.63) is 53.6 Å². The molecule has 1 amide bonds. The molecule has 0 N–H and O–H groups in total. The summed E-state index contributed by atoms with van der Waals surface area (Å²) >= 11 is 0. The van der Waals surface area contributed by atoms with Gasteiger partial charge in [0.05, 0.1) is 19.8 Å². The molecule has 1 fully saturated rings. The zero-order chi connectivity index (χ0) is 20.3. The van der Waals surface area contributed by atoms with Crippen LogP contribution in [-0.4, -0.2) is 38.0 Å². The van der Waals surface area contributed by atoms with Gasteiger partial charge in [-0.3, -0.25) is 4.79 Å². The van der Waals surface area contributed by atoms with E-state index >= 15 is 0 Å². The highest BCUT2D eigenvalue weighted by atomic mass is 19.4. The molecule has 1 atom stereocenters. The summed E-state index contributed by atoms with van der Waals surface area (Å²) in [5.41, 5.74) is 1.18. The van der Waals surface area contributed by atoms with E-state index in [4.69, 9.17) is 14.2 Å². The molecule has 1 aliphatic rings. The number of methoxy groups -OCH3 is 2. The molecular formula is C19H18F3NO5. The lowest BCUT2D eigenvalue weighted by atomic mass is 10.1. The summed E-state index contributed by atoms with van der Waals surface area (Å²) in [4.78, 5) is 13.8. The maximum Gasteiger partial charge on any atom is 0.573 e. The molecule has 2 aromatic rings. The minimum Gasteiger partial charge on any atom is -0.496 e. The highest BCUT2D eigenvalue weighted by Crippen LogP contribution is 2.40. The average Bonchev–Trinajstić information content (AvgIpc) is 3.01. The molecule has 0 spiro atoms. The Kier molecular flexibility index (Phi) is 5.64. The molecular weight excluding hydrogens is 379 g/mol. The third kappa shape index (κ3) is 4.30. The Morgan fingerprint density at radius 2 is 1.68 bits per heavy atom. The van der Waals surface area contributed by atoms with E-state index in [-0.39, 0.29) is 24.8 Å². The van der Waals surface area contributed by atoms with Crippen LogP contribution in [0.5, 0.6) is 17.2 Å².